The molecule has 0 aliphatic heterocycles. The molecule has 0 N–H and O–H groups in total. The van der Waals surface area contributed by atoms with Crippen LogP contribution in [0.3, 0.4) is 0 Å². The van der Waals surface area contributed by atoms with Crippen LogP contribution in [0, 0.1) is 0 Å². The lowest BCUT2D eigenvalue weighted by Crippen LogP contribution is -2.24. The van der Waals surface area contributed by atoms with Crippen molar-refractivity contribution in [2.75, 3.05) is 0 Å². The molecule has 0 saturated heterocycles. The molecule has 0 atom stereocenters. The van der Waals surface area contributed by atoms with Crippen LogP contribution in [0.4, 0.5) is 8.78 Å². The van der Waals surface area contributed by atoms with Gasteiger partial charge in [0.1, 0.15) is 5.15 Å². The average molecular weight is 222 g/mol. The van der Waals surface area contributed by atoms with Crippen molar-refractivity contribution in [3.8, 4) is 0 Å². The van der Waals surface area contributed by atoms with Crippen LogP contribution in [0.5, 0.6) is 0 Å². The van der Waals surface area contributed by atoms with E-state index in [9.17, 15) is 8.78 Å². The van der Waals surface area contributed by atoms with Crippen molar-refractivity contribution in [2.24, 2.45) is 0 Å². The van der Waals surface area contributed by atoms with Gasteiger partial charge in [-0.25, -0.2) is 4.98 Å². The molecule has 0 amide bonds. The van der Waals surface area contributed by atoms with Crippen LogP contribution in [0.25, 0.3) is 0 Å². The Morgan fingerprint density at radius 1 is 1.50 bits per heavy atom. The Balaban J connectivity index is 2.91. The van der Waals surface area contributed by atoms with Gasteiger partial charge >= 0.3 is 6.61 Å². The summed E-state index contributed by atoms with van der Waals surface area (Å²) in [4.78, 5) is 3.75. The molecule has 1 heterocycles. The lowest BCUT2D eigenvalue weighted by Gasteiger charge is -2.25. The van der Waals surface area contributed by atoms with Crippen molar-refractivity contribution in [1.82, 2.24) is 4.98 Å². The van der Waals surface area contributed by atoms with Gasteiger partial charge < -0.3 is 4.74 Å². The summed E-state index contributed by atoms with van der Waals surface area (Å²) in [5.74, 6) is 0. The monoisotopic (exact) mass is 221 g/mol. The zero-order chi connectivity index (χ0) is 10.8. The number of alkyl halides is 2. The van der Waals surface area contributed by atoms with Crippen molar-refractivity contribution >= 4 is 11.6 Å². The Labute approximate surface area is 85.9 Å². The third-order valence-corrected chi connectivity index (χ3v) is 2.01. The Morgan fingerprint density at radius 2 is 2.14 bits per heavy atom. The minimum atomic E-state index is -2.81. The first-order valence-corrected chi connectivity index (χ1v) is 4.37. The van der Waals surface area contributed by atoms with E-state index in [0.717, 1.165) is 0 Å². The number of pyridine rings is 1. The molecular formula is C9H10ClF2NO. The van der Waals surface area contributed by atoms with E-state index < -0.39 is 12.2 Å². The van der Waals surface area contributed by atoms with E-state index in [1.165, 1.54) is 12.3 Å². The van der Waals surface area contributed by atoms with E-state index in [1.807, 2.05) is 0 Å². The van der Waals surface area contributed by atoms with E-state index in [4.69, 9.17) is 11.6 Å². The molecule has 14 heavy (non-hydrogen) atoms. The molecule has 5 heteroatoms. The second kappa shape index (κ2) is 4.19. The quantitative estimate of drug-likeness (QED) is 0.732. The fourth-order valence-electron chi connectivity index (χ4n) is 1.07. The summed E-state index contributed by atoms with van der Waals surface area (Å²) in [6, 6.07) is 3.10. The molecule has 0 aliphatic rings. The molecule has 1 aromatic rings. The molecule has 1 rings (SSSR count). The predicted molar refractivity (Wildman–Crippen MR) is 49.4 cm³/mol. The fraction of sp³-hybridized carbons (Fsp3) is 0.444. The van der Waals surface area contributed by atoms with Crippen molar-refractivity contribution in [1.29, 1.82) is 0 Å². The Morgan fingerprint density at radius 3 is 2.64 bits per heavy atom. The lowest BCUT2D eigenvalue weighted by atomic mass is 10.00. The number of ether oxygens (including phenoxy) is 1. The summed E-state index contributed by atoms with van der Waals surface area (Å²) in [5, 5.41) is 0.258. The number of halogens is 3. The smallest absolute Gasteiger partial charge is 0.312 e. The highest BCUT2D eigenvalue weighted by atomic mass is 35.5. The van der Waals surface area contributed by atoms with Crippen molar-refractivity contribution in [2.45, 2.75) is 26.1 Å². The maximum absolute atomic E-state index is 12.0. The molecule has 0 aromatic carbocycles. The highest BCUT2D eigenvalue weighted by molar-refractivity contribution is 6.29. The van der Waals surface area contributed by atoms with Crippen LogP contribution < -0.4 is 0 Å². The first kappa shape index (κ1) is 11.3. The topological polar surface area (TPSA) is 22.1 Å². The van der Waals surface area contributed by atoms with Crippen LogP contribution in [-0.4, -0.2) is 11.6 Å². The van der Waals surface area contributed by atoms with Gasteiger partial charge in [-0.1, -0.05) is 11.6 Å². The molecule has 1 aromatic heterocycles. The summed E-state index contributed by atoms with van der Waals surface area (Å²) in [6.07, 6.45) is 1.45. The van der Waals surface area contributed by atoms with Crippen LogP contribution in [0.15, 0.2) is 18.3 Å². The Kier molecular flexibility index (Phi) is 3.39. The number of hydrogen-bond acceptors (Lipinski definition) is 2. The summed E-state index contributed by atoms with van der Waals surface area (Å²) >= 11 is 5.63. The van der Waals surface area contributed by atoms with Gasteiger partial charge in [0.05, 0.1) is 5.60 Å². The van der Waals surface area contributed by atoms with E-state index in [0.29, 0.717) is 5.56 Å². The van der Waals surface area contributed by atoms with Gasteiger partial charge in [0, 0.05) is 6.20 Å². The highest BCUT2D eigenvalue weighted by Gasteiger charge is 2.25. The standard InChI is InChI=1S/C9H10ClF2NO/c1-9(2,14-8(11)12)6-3-4-13-7(10)5-6/h3-5,8H,1-2H3. The van der Waals surface area contributed by atoms with Gasteiger partial charge in [-0.05, 0) is 31.5 Å². The third kappa shape index (κ3) is 2.89. The molecule has 0 aliphatic carbocycles. The number of rotatable bonds is 3. The number of nitrogens with zero attached hydrogens (tertiary/aromatic N) is 1. The molecule has 0 radical (unpaired) electrons. The van der Waals surface area contributed by atoms with Gasteiger partial charge in [-0.2, -0.15) is 8.78 Å². The Hall–Kier alpha value is -0.740. The Bertz CT molecular complexity index is 317. The number of aromatic nitrogens is 1. The maximum Gasteiger partial charge on any atom is 0.346 e. The summed E-state index contributed by atoms with van der Waals surface area (Å²) in [7, 11) is 0. The largest absolute Gasteiger partial charge is 0.346 e. The predicted octanol–water partition coefficient (Wildman–Crippen LogP) is 3.21. The van der Waals surface area contributed by atoms with Gasteiger partial charge in [0.2, 0.25) is 0 Å². The van der Waals surface area contributed by atoms with Gasteiger partial charge in [0.15, 0.2) is 0 Å². The van der Waals surface area contributed by atoms with E-state index >= 15 is 0 Å². The van der Waals surface area contributed by atoms with Crippen LogP contribution in [-0.2, 0) is 10.3 Å². The van der Waals surface area contributed by atoms with Gasteiger partial charge in [-0.3, -0.25) is 0 Å². The maximum atomic E-state index is 12.0. The highest BCUT2D eigenvalue weighted by Crippen LogP contribution is 2.27. The molecule has 0 saturated carbocycles. The zero-order valence-corrected chi connectivity index (χ0v) is 8.55. The zero-order valence-electron chi connectivity index (χ0n) is 7.80. The molecule has 0 spiro atoms. The van der Waals surface area contributed by atoms with Gasteiger partial charge in [-0.15, -0.1) is 0 Å². The SMILES string of the molecule is CC(C)(OC(F)F)c1ccnc(Cl)c1. The molecule has 0 fully saturated rings. The number of hydrogen-bond donors (Lipinski definition) is 0. The van der Waals surface area contributed by atoms with E-state index in [1.54, 1.807) is 19.9 Å². The van der Waals surface area contributed by atoms with Crippen LogP contribution in [0.1, 0.15) is 19.4 Å². The van der Waals surface area contributed by atoms with Crippen LogP contribution in [0.2, 0.25) is 5.15 Å². The van der Waals surface area contributed by atoms with E-state index in [2.05, 4.69) is 9.72 Å². The van der Waals surface area contributed by atoms with Crippen molar-refractivity contribution < 1.29 is 13.5 Å². The summed E-state index contributed by atoms with van der Waals surface area (Å²) < 4.78 is 28.6. The lowest BCUT2D eigenvalue weighted by molar-refractivity contribution is -0.200. The van der Waals surface area contributed by atoms with E-state index in [-0.39, 0.29) is 5.15 Å². The minimum absolute atomic E-state index is 0.258. The normalized spacial score (nSPS) is 12.1. The van der Waals surface area contributed by atoms with Crippen molar-refractivity contribution in [3.05, 3.63) is 29.0 Å². The van der Waals surface area contributed by atoms with Gasteiger partial charge in [0.25, 0.3) is 0 Å². The first-order chi connectivity index (χ1) is 6.42. The second-order valence-electron chi connectivity index (χ2n) is 3.26. The first-order valence-electron chi connectivity index (χ1n) is 4.00. The molecular weight excluding hydrogens is 212 g/mol. The minimum Gasteiger partial charge on any atom is -0.312 e. The van der Waals surface area contributed by atoms with Crippen LogP contribution >= 0.6 is 11.6 Å². The summed E-state index contributed by atoms with van der Waals surface area (Å²) in [6.45, 7) is 0.285. The fourth-order valence-corrected chi connectivity index (χ4v) is 1.24. The molecule has 78 valence electrons. The summed E-state index contributed by atoms with van der Waals surface area (Å²) in [5.41, 5.74) is -0.501. The molecule has 2 nitrogen and oxygen atoms in total. The third-order valence-electron chi connectivity index (χ3n) is 1.81. The van der Waals surface area contributed by atoms with Crippen molar-refractivity contribution in [3.63, 3.8) is 0 Å². The molecule has 0 bridgehead atoms. The molecule has 0 unspecified atom stereocenters. The second-order valence-corrected chi connectivity index (χ2v) is 3.64. The average Bonchev–Trinajstić information content (AvgIpc) is 2.01.